The molecule has 0 saturated carbocycles. The van der Waals surface area contributed by atoms with E-state index in [1.165, 1.54) is 10.9 Å². The van der Waals surface area contributed by atoms with Crippen molar-refractivity contribution in [3.05, 3.63) is 66.0 Å². The number of carbonyl (C=O) groups is 1. The molecule has 1 aliphatic rings. The van der Waals surface area contributed by atoms with Gasteiger partial charge in [-0.1, -0.05) is 18.2 Å². The maximum absolute atomic E-state index is 12.5. The number of pyridine rings is 1. The second-order valence-electron chi connectivity index (χ2n) is 6.35. The molecule has 1 amide bonds. The van der Waals surface area contributed by atoms with Crippen LogP contribution in [-0.2, 0) is 4.74 Å². The smallest absolute Gasteiger partial charge is 0.258 e. The molecule has 0 radical (unpaired) electrons. The van der Waals surface area contributed by atoms with Gasteiger partial charge in [-0.05, 0) is 23.8 Å². The Morgan fingerprint density at radius 3 is 2.83 bits per heavy atom. The Balaban J connectivity index is 0.00000240. The molecule has 0 unspecified atom stereocenters. The molecule has 29 heavy (non-hydrogen) atoms. The fourth-order valence-corrected chi connectivity index (χ4v) is 2.97. The minimum Gasteiger partial charge on any atom is -0.481 e. The number of hydrogen-bond donors (Lipinski definition) is 2. The molecule has 0 spiro atoms. The van der Waals surface area contributed by atoms with Crippen molar-refractivity contribution in [2.75, 3.05) is 32.1 Å². The van der Waals surface area contributed by atoms with E-state index in [1.54, 1.807) is 25.4 Å². The van der Waals surface area contributed by atoms with E-state index < -0.39 is 0 Å². The molecule has 3 heterocycles. The van der Waals surface area contributed by atoms with Crippen molar-refractivity contribution in [1.82, 2.24) is 20.1 Å². The molecular formula is C20H22ClN5O3. The zero-order chi connectivity index (χ0) is 19.3. The van der Waals surface area contributed by atoms with E-state index in [-0.39, 0.29) is 24.4 Å². The first-order chi connectivity index (χ1) is 13.7. The van der Waals surface area contributed by atoms with Gasteiger partial charge in [0.2, 0.25) is 5.88 Å². The Morgan fingerprint density at radius 1 is 1.28 bits per heavy atom. The molecule has 2 aromatic heterocycles. The van der Waals surface area contributed by atoms with E-state index in [2.05, 4.69) is 20.7 Å². The summed E-state index contributed by atoms with van der Waals surface area (Å²) in [6.07, 6.45) is 3.19. The van der Waals surface area contributed by atoms with Crippen LogP contribution in [0.1, 0.15) is 22.0 Å². The number of morpholine rings is 1. The summed E-state index contributed by atoms with van der Waals surface area (Å²) in [6.45, 7) is 2.38. The van der Waals surface area contributed by atoms with Gasteiger partial charge in [-0.3, -0.25) is 4.79 Å². The van der Waals surface area contributed by atoms with Gasteiger partial charge in [0, 0.05) is 31.0 Å². The number of halogens is 1. The van der Waals surface area contributed by atoms with E-state index in [0.29, 0.717) is 29.6 Å². The summed E-state index contributed by atoms with van der Waals surface area (Å²) in [6, 6.07) is 13.0. The SMILES string of the molecule is COc1cccc(-n2cc(C(=O)Nc3ccc([C@H]4CNCCO4)cc3)cn2)n1.Cl. The summed E-state index contributed by atoms with van der Waals surface area (Å²) in [5, 5.41) is 10.4. The second kappa shape index (κ2) is 9.51. The first-order valence-corrected chi connectivity index (χ1v) is 9.02. The highest BCUT2D eigenvalue weighted by atomic mass is 35.5. The number of nitrogens with one attached hydrogen (secondary N) is 2. The molecular weight excluding hydrogens is 394 g/mol. The third-order valence-electron chi connectivity index (χ3n) is 4.47. The van der Waals surface area contributed by atoms with Crippen molar-refractivity contribution in [2.24, 2.45) is 0 Å². The van der Waals surface area contributed by atoms with Gasteiger partial charge in [0.15, 0.2) is 5.82 Å². The molecule has 9 heteroatoms. The molecule has 1 aliphatic heterocycles. The lowest BCUT2D eigenvalue weighted by atomic mass is 10.1. The van der Waals surface area contributed by atoms with Crippen LogP contribution in [0.25, 0.3) is 5.82 Å². The number of anilines is 1. The number of carbonyl (C=O) groups excluding carboxylic acids is 1. The van der Waals surface area contributed by atoms with Crippen molar-refractivity contribution in [2.45, 2.75) is 6.10 Å². The monoisotopic (exact) mass is 415 g/mol. The summed E-state index contributed by atoms with van der Waals surface area (Å²) in [4.78, 5) is 16.8. The maximum Gasteiger partial charge on any atom is 0.258 e. The van der Waals surface area contributed by atoms with Gasteiger partial charge in [-0.25, -0.2) is 4.68 Å². The Morgan fingerprint density at radius 2 is 2.10 bits per heavy atom. The van der Waals surface area contributed by atoms with E-state index in [1.807, 2.05) is 30.3 Å². The molecule has 0 bridgehead atoms. The molecule has 1 aromatic carbocycles. The number of rotatable bonds is 5. The van der Waals surface area contributed by atoms with Crippen LogP contribution >= 0.6 is 12.4 Å². The van der Waals surface area contributed by atoms with Crippen LogP contribution < -0.4 is 15.4 Å². The van der Waals surface area contributed by atoms with Crippen molar-refractivity contribution in [3.63, 3.8) is 0 Å². The number of benzene rings is 1. The lowest BCUT2D eigenvalue weighted by Gasteiger charge is -2.24. The molecule has 3 aromatic rings. The predicted octanol–water partition coefficient (Wildman–Crippen LogP) is 2.61. The molecule has 0 aliphatic carbocycles. The maximum atomic E-state index is 12.5. The van der Waals surface area contributed by atoms with Crippen LogP contribution in [-0.4, -0.2) is 47.5 Å². The van der Waals surface area contributed by atoms with Crippen LogP contribution in [0.5, 0.6) is 5.88 Å². The van der Waals surface area contributed by atoms with Crippen LogP contribution in [0.3, 0.4) is 0 Å². The Labute approximate surface area is 174 Å². The third kappa shape index (κ3) is 4.92. The Kier molecular flexibility index (Phi) is 6.82. The van der Waals surface area contributed by atoms with E-state index in [0.717, 1.165) is 18.7 Å². The summed E-state index contributed by atoms with van der Waals surface area (Å²) in [5.74, 6) is 0.817. The van der Waals surface area contributed by atoms with Crippen LogP contribution in [0.15, 0.2) is 54.9 Å². The highest BCUT2D eigenvalue weighted by Crippen LogP contribution is 2.21. The number of hydrogen-bond acceptors (Lipinski definition) is 6. The number of ether oxygens (including phenoxy) is 2. The third-order valence-corrected chi connectivity index (χ3v) is 4.47. The topological polar surface area (TPSA) is 90.3 Å². The van der Waals surface area contributed by atoms with E-state index in [9.17, 15) is 4.79 Å². The Hall–Kier alpha value is -2.94. The zero-order valence-corrected chi connectivity index (χ0v) is 16.7. The van der Waals surface area contributed by atoms with Gasteiger partial charge in [0.25, 0.3) is 5.91 Å². The molecule has 8 nitrogen and oxygen atoms in total. The first kappa shape index (κ1) is 20.8. The van der Waals surface area contributed by atoms with Gasteiger partial charge in [0.1, 0.15) is 0 Å². The minimum absolute atomic E-state index is 0. The summed E-state index contributed by atoms with van der Waals surface area (Å²) in [5.41, 5.74) is 2.24. The van der Waals surface area contributed by atoms with Crippen LogP contribution in [0.2, 0.25) is 0 Å². The minimum atomic E-state index is -0.238. The second-order valence-corrected chi connectivity index (χ2v) is 6.35. The molecule has 1 fully saturated rings. The normalized spacial score (nSPS) is 16.0. The molecule has 2 N–H and O–H groups in total. The lowest BCUT2D eigenvalue weighted by molar-refractivity contribution is 0.0277. The first-order valence-electron chi connectivity index (χ1n) is 9.02. The van der Waals surface area contributed by atoms with E-state index in [4.69, 9.17) is 9.47 Å². The number of aromatic nitrogens is 3. The van der Waals surface area contributed by atoms with Gasteiger partial charge in [-0.2, -0.15) is 10.1 Å². The summed E-state index contributed by atoms with van der Waals surface area (Å²) >= 11 is 0. The van der Waals surface area contributed by atoms with Crippen LogP contribution in [0.4, 0.5) is 5.69 Å². The van der Waals surface area contributed by atoms with Crippen molar-refractivity contribution >= 4 is 24.0 Å². The fraction of sp³-hybridized carbons (Fsp3) is 0.250. The quantitative estimate of drug-likeness (QED) is 0.665. The molecule has 152 valence electrons. The zero-order valence-electron chi connectivity index (χ0n) is 15.9. The highest BCUT2D eigenvalue weighted by Gasteiger charge is 2.16. The molecule has 1 saturated heterocycles. The fourth-order valence-electron chi connectivity index (χ4n) is 2.97. The largest absolute Gasteiger partial charge is 0.481 e. The standard InChI is InChI=1S/C20H21N5O3.ClH/c1-27-19-4-2-3-18(24-19)25-13-15(11-22-25)20(26)23-16-7-5-14(6-8-16)17-12-21-9-10-28-17;/h2-8,11,13,17,21H,9-10,12H2,1H3,(H,23,26);1H/t17-;/m1./s1. The van der Waals surface area contributed by atoms with Gasteiger partial charge in [0.05, 0.1) is 31.6 Å². The van der Waals surface area contributed by atoms with Crippen molar-refractivity contribution in [1.29, 1.82) is 0 Å². The van der Waals surface area contributed by atoms with Gasteiger partial charge in [-0.15, -0.1) is 12.4 Å². The molecule has 1 atom stereocenters. The number of methoxy groups -OCH3 is 1. The average Bonchev–Trinajstić information content (AvgIpc) is 3.25. The van der Waals surface area contributed by atoms with Gasteiger partial charge >= 0.3 is 0 Å². The summed E-state index contributed by atoms with van der Waals surface area (Å²) in [7, 11) is 1.55. The molecule has 4 rings (SSSR count). The van der Waals surface area contributed by atoms with E-state index >= 15 is 0 Å². The lowest BCUT2D eigenvalue weighted by Crippen LogP contribution is -2.33. The highest BCUT2D eigenvalue weighted by molar-refractivity contribution is 6.03. The number of amides is 1. The van der Waals surface area contributed by atoms with Crippen LogP contribution in [0, 0.1) is 0 Å². The summed E-state index contributed by atoms with van der Waals surface area (Å²) < 4.78 is 12.4. The Bertz CT molecular complexity index is 955. The van der Waals surface area contributed by atoms with Crippen molar-refractivity contribution < 1.29 is 14.3 Å². The van der Waals surface area contributed by atoms with Gasteiger partial charge < -0.3 is 20.1 Å². The predicted molar refractivity (Wildman–Crippen MR) is 111 cm³/mol. The number of nitrogens with zero attached hydrogens (tertiary/aromatic N) is 3. The average molecular weight is 416 g/mol. The van der Waals surface area contributed by atoms with Crippen molar-refractivity contribution in [3.8, 4) is 11.7 Å².